The van der Waals surface area contributed by atoms with E-state index in [1.54, 1.807) is 0 Å². The van der Waals surface area contributed by atoms with E-state index in [1.165, 1.54) is 0 Å². The van der Waals surface area contributed by atoms with Crippen LogP contribution in [0.1, 0.15) is 0 Å². The van der Waals surface area contributed by atoms with Crippen LogP contribution in [0.15, 0.2) is 0 Å². The van der Waals surface area contributed by atoms with Crippen LogP contribution in [-0.2, 0) is 0 Å². The maximum atomic E-state index is 0. The summed E-state index contributed by atoms with van der Waals surface area (Å²) >= 11 is 0. The van der Waals surface area contributed by atoms with E-state index in [2.05, 4.69) is 0 Å². The number of hydrogen-bond acceptors (Lipinski definition) is 0. The first-order chi connectivity index (χ1) is 0. The molecule has 0 aliphatic rings. The average Bonchev–Trinajstić information content (AvgIpc) is 0. The molecule has 7 heteroatoms. The van der Waals surface area contributed by atoms with Gasteiger partial charge in [-0.05, 0) is 0 Å². The van der Waals surface area contributed by atoms with Crippen molar-refractivity contribution in [1.29, 1.82) is 0 Å². The minimum Gasteiger partial charge on any atom is -0.153 e. The summed E-state index contributed by atoms with van der Waals surface area (Å²) in [5, 5.41) is 0. The zero-order valence-electron chi connectivity index (χ0n) is 3.16. The predicted octanol–water partition coefficient (Wildman–Crippen LogP) is 2.59. The molecular weight excluding hydrogens is 244 g/mol. The van der Waals surface area contributed by atoms with Gasteiger partial charge in [0.2, 0.25) is 0 Å². The zero-order valence-corrected chi connectivity index (χ0v) is 9.47. The van der Waals surface area contributed by atoms with Crippen LogP contribution in [0.2, 0.25) is 0 Å². The second-order valence-corrected chi connectivity index (χ2v) is 0. The average molecular weight is 253 g/mol. The van der Waals surface area contributed by atoms with Gasteiger partial charge < -0.3 is 0 Å². The fourth-order valence-electron chi connectivity index (χ4n) is 0. The molecule has 0 saturated carbocycles. The van der Waals surface area contributed by atoms with Crippen molar-refractivity contribution in [2.45, 2.75) is 0 Å². The van der Waals surface area contributed by atoms with Gasteiger partial charge in [0, 0.05) is 0 Å². The molecule has 0 aliphatic carbocycles. The van der Waals surface area contributed by atoms with Crippen molar-refractivity contribution < 1.29 is 0 Å². The molecule has 0 radical (unpaired) electrons. The first-order valence-corrected chi connectivity index (χ1v) is 0. The third-order valence-electron chi connectivity index (χ3n) is 0. The molecule has 0 fully saturated rings. The van der Waals surface area contributed by atoms with Gasteiger partial charge >= 0.3 is 0 Å². The summed E-state index contributed by atoms with van der Waals surface area (Å²) in [5.74, 6) is 0. The zero-order chi connectivity index (χ0) is 0. The highest BCUT2D eigenvalue weighted by Gasteiger charge is -0.141. The third-order valence-corrected chi connectivity index (χ3v) is 0. The molecule has 0 aromatic carbocycles. The summed E-state index contributed by atoms with van der Waals surface area (Å²) in [7, 11) is 0. The summed E-state index contributed by atoms with van der Waals surface area (Å²) in [4.78, 5) is 0. The highest BCUT2D eigenvalue weighted by molar-refractivity contribution is 6.92. The second kappa shape index (κ2) is 89.2. The van der Waals surface area contributed by atoms with Crippen molar-refractivity contribution in [3.63, 3.8) is 0 Å². The summed E-state index contributed by atoms with van der Waals surface area (Å²) < 4.78 is 0. The summed E-state index contributed by atoms with van der Waals surface area (Å²) in [6.45, 7) is 0. The molecule has 0 bridgehead atoms. The quantitative estimate of drug-likeness (QED) is 0.582. The SMILES string of the molecule is Cl.Cl.Cl.Cl.Cl.Cl.P. The van der Waals surface area contributed by atoms with Crippen LogP contribution in [0.4, 0.5) is 0 Å². The Labute approximate surface area is 84.0 Å². The normalized spacial score (nSPS) is 0. The highest BCUT2D eigenvalue weighted by Crippen LogP contribution is 0.861. The fourth-order valence-corrected chi connectivity index (χ4v) is 0. The molecule has 0 aliphatic heterocycles. The van der Waals surface area contributed by atoms with Crippen molar-refractivity contribution in [2.75, 3.05) is 0 Å². The Morgan fingerprint density at radius 3 is 0.286 bits per heavy atom. The van der Waals surface area contributed by atoms with Gasteiger partial charge in [0.15, 0.2) is 0 Å². The maximum absolute atomic E-state index is 0. The van der Waals surface area contributed by atoms with Crippen LogP contribution in [0, 0.1) is 0 Å². The Hall–Kier alpha value is 2.17. The van der Waals surface area contributed by atoms with Crippen LogP contribution in [0.3, 0.4) is 0 Å². The van der Waals surface area contributed by atoms with Crippen molar-refractivity contribution in [3.05, 3.63) is 0 Å². The molecule has 0 heterocycles. The van der Waals surface area contributed by atoms with E-state index < -0.39 is 0 Å². The molecule has 0 rings (SSSR count). The van der Waals surface area contributed by atoms with E-state index >= 15 is 0 Å². The van der Waals surface area contributed by atoms with Gasteiger partial charge in [-0.15, -0.1) is 74.4 Å². The van der Waals surface area contributed by atoms with E-state index in [0.717, 1.165) is 0 Å². The first-order valence-electron chi connectivity index (χ1n) is 0. The summed E-state index contributed by atoms with van der Waals surface area (Å²) in [5.41, 5.74) is 0. The molecule has 0 aromatic heterocycles. The molecule has 0 spiro atoms. The van der Waals surface area contributed by atoms with E-state index in [1.807, 2.05) is 0 Å². The van der Waals surface area contributed by atoms with Crippen molar-refractivity contribution in [1.82, 2.24) is 0 Å². The molecule has 0 saturated heterocycles. The van der Waals surface area contributed by atoms with Gasteiger partial charge in [0.1, 0.15) is 0 Å². The maximum Gasteiger partial charge on any atom is -0.147 e. The van der Waals surface area contributed by atoms with Crippen LogP contribution in [-0.4, -0.2) is 0 Å². The largest absolute Gasteiger partial charge is 0.153 e. The Morgan fingerprint density at radius 1 is 0.286 bits per heavy atom. The molecular formula is H9Cl6P. The van der Waals surface area contributed by atoms with Gasteiger partial charge in [0.25, 0.3) is 0 Å². The Morgan fingerprint density at radius 2 is 0.286 bits per heavy atom. The molecule has 7 heavy (non-hydrogen) atoms. The second-order valence-electron chi connectivity index (χ2n) is 0. The first kappa shape index (κ1) is 130. The number of rotatable bonds is 0. The van der Waals surface area contributed by atoms with Crippen molar-refractivity contribution in [2.24, 2.45) is 0 Å². The van der Waals surface area contributed by atoms with Gasteiger partial charge in [-0.25, -0.2) is 0 Å². The lowest BCUT2D eigenvalue weighted by atomic mass is 31.0. The van der Waals surface area contributed by atoms with Gasteiger partial charge in [-0.3, -0.25) is 0 Å². The lowest BCUT2D eigenvalue weighted by molar-refractivity contribution is 5.85. The van der Waals surface area contributed by atoms with E-state index in [-0.39, 0.29) is 84.3 Å². The standard InChI is InChI=1S/6ClH.H3P/h6*1H;1H3. The lowest BCUT2D eigenvalue weighted by Gasteiger charge is -0.154. The molecule has 1 atom stereocenters. The van der Waals surface area contributed by atoms with Crippen molar-refractivity contribution >= 4 is 84.3 Å². The number of hydrogen-bond donors (Lipinski definition) is 0. The third kappa shape index (κ3) is 66.1. The Balaban J connectivity index is 0. The van der Waals surface area contributed by atoms with Crippen LogP contribution >= 0.6 is 84.3 Å². The van der Waals surface area contributed by atoms with Crippen LogP contribution in [0.25, 0.3) is 0 Å². The minimum absolute atomic E-state index is 0. The Kier molecular flexibility index (Phi) is 1660. The highest BCUT2D eigenvalue weighted by atomic mass is 35.5. The van der Waals surface area contributed by atoms with Gasteiger partial charge in [-0.2, -0.15) is 9.90 Å². The molecule has 0 amide bonds. The topological polar surface area (TPSA) is 0 Å². The smallest absolute Gasteiger partial charge is 0.147 e. The predicted molar refractivity (Wildman–Crippen MR) is 54.6 cm³/mol. The minimum atomic E-state index is 0. The lowest BCUT2D eigenvalue weighted by Crippen LogP contribution is 0.688. The fraction of sp³-hybridized carbons (Fsp3) is 0. The van der Waals surface area contributed by atoms with E-state index in [4.69, 9.17) is 0 Å². The van der Waals surface area contributed by atoms with Crippen LogP contribution in [0.5, 0.6) is 0 Å². The van der Waals surface area contributed by atoms with E-state index in [9.17, 15) is 0 Å². The molecule has 56 valence electrons. The van der Waals surface area contributed by atoms with Gasteiger partial charge in [0.05, 0.1) is 0 Å². The molecule has 1 unspecified atom stereocenters. The summed E-state index contributed by atoms with van der Waals surface area (Å²) in [6.07, 6.45) is 0. The number of halogens is 6. The molecule has 0 nitrogen and oxygen atoms in total. The van der Waals surface area contributed by atoms with Crippen LogP contribution < -0.4 is 0 Å². The van der Waals surface area contributed by atoms with E-state index in [0.29, 0.717) is 0 Å². The molecule has 0 aromatic rings. The van der Waals surface area contributed by atoms with Crippen molar-refractivity contribution in [3.8, 4) is 0 Å². The monoisotopic (exact) mass is 250 g/mol. The Bertz CT molecular complexity index is 4.14. The summed E-state index contributed by atoms with van der Waals surface area (Å²) in [6, 6.07) is 0. The molecule has 0 N–H and O–H groups in total. The van der Waals surface area contributed by atoms with Gasteiger partial charge in [-0.1, -0.05) is 0 Å².